The molecule has 1 heterocycles. The van der Waals surface area contributed by atoms with E-state index >= 15 is 0 Å². The fourth-order valence-corrected chi connectivity index (χ4v) is 2.50. The van der Waals surface area contributed by atoms with Gasteiger partial charge in [0.25, 0.3) is 0 Å². The van der Waals surface area contributed by atoms with Gasteiger partial charge in [-0.25, -0.2) is 4.39 Å². The van der Waals surface area contributed by atoms with Gasteiger partial charge in [0.2, 0.25) is 0 Å². The summed E-state index contributed by atoms with van der Waals surface area (Å²) in [5.41, 5.74) is 1.14. The third-order valence-electron chi connectivity index (χ3n) is 3.28. The van der Waals surface area contributed by atoms with Gasteiger partial charge in [-0.05, 0) is 30.7 Å². The van der Waals surface area contributed by atoms with Crippen LogP contribution in [0.2, 0.25) is 0 Å². The van der Waals surface area contributed by atoms with E-state index in [1.54, 1.807) is 0 Å². The van der Waals surface area contributed by atoms with Crippen molar-refractivity contribution >= 4 is 0 Å². The number of nitrogens with zero attached hydrogens (tertiary/aromatic N) is 2. The van der Waals surface area contributed by atoms with E-state index in [0.717, 1.165) is 18.7 Å². The summed E-state index contributed by atoms with van der Waals surface area (Å²) in [6.07, 6.45) is 0.576. The van der Waals surface area contributed by atoms with Gasteiger partial charge in [0.05, 0.1) is 6.07 Å². The van der Waals surface area contributed by atoms with Gasteiger partial charge in [-0.3, -0.25) is 0 Å². The molecule has 0 aromatic heterocycles. The van der Waals surface area contributed by atoms with Crippen molar-refractivity contribution in [2.24, 2.45) is 5.92 Å². The molecule has 1 aromatic carbocycles. The zero-order valence-electron chi connectivity index (χ0n) is 9.36. The summed E-state index contributed by atoms with van der Waals surface area (Å²) in [6.45, 7) is 1.91. The highest BCUT2D eigenvalue weighted by atomic mass is 19.1. The number of benzene rings is 1. The monoisotopic (exact) mass is 218 g/mol. The van der Waals surface area contributed by atoms with Gasteiger partial charge < -0.3 is 4.90 Å². The van der Waals surface area contributed by atoms with Crippen LogP contribution in [0.15, 0.2) is 24.3 Å². The Morgan fingerprint density at radius 2 is 2.06 bits per heavy atom. The molecule has 16 heavy (non-hydrogen) atoms. The molecule has 0 spiro atoms. The lowest BCUT2D eigenvalue weighted by Gasteiger charge is -2.15. The number of rotatable bonds is 2. The van der Waals surface area contributed by atoms with E-state index in [0.29, 0.717) is 18.3 Å². The summed E-state index contributed by atoms with van der Waals surface area (Å²) >= 11 is 0. The summed E-state index contributed by atoms with van der Waals surface area (Å²) in [5.74, 6) is 0.539. The number of hydrogen-bond acceptors (Lipinski definition) is 2. The van der Waals surface area contributed by atoms with E-state index in [1.165, 1.54) is 12.1 Å². The van der Waals surface area contributed by atoms with Gasteiger partial charge >= 0.3 is 0 Å². The van der Waals surface area contributed by atoms with Crippen LogP contribution in [0.1, 0.15) is 17.9 Å². The molecule has 1 fully saturated rings. The molecule has 0 aliphatic carbocycles. The van der Waals surface area contributed by atoms with Crippen LogP contribution < -0.4 is 0 Å². The standard InChI is InChI=1S/C13H15FN2/c1-16-8-11(6-7-15)13(9-16)10-2-4-12(14)5-3-10/h2-5,11,13H,6,8-9H2,1H3/t11-,13-/m1/s1. The largest absolute Gasteiger partial charge is 0.305 e. The van der Waals surface area contributed by atoms with E-state index in [-0.39, 0.29) is 5.82 Å². The fraction of sp³-hybridized carbons (Fsp3) is 0.462. The number of likely N-dealkylation sites (N-methyl/N-ethyl adjacent to an activating group) is 1. The van der Waals surface area contributed by atoms with Crippen molar-refractivity contribution in [3.05, 3.63) is 35.6 Å². The van der Waals surface area contributed by atoms with Crippen LogP contribution in [0.4, 0.5) is 4.39 Å². The molecule has 1 saturated heterocycles. The first-order valence-electron chi connectivity index (χ1n) is 5.51. The maximum Gasteiger partial charge on any atom is 0.123 e. The number of halogens is 1. The van der Waals surface area contributed by atoms with Crippen molar-refractivity contribution < 1.29 is 4.39 Å². The molecule has 0 bridgehead atoms. The average molecular weight is 218 g/mol. The predicted molar refractivity (Wildman–Crippen MR) is 60.4 cm³/mol. The van der Waals surface area contributed by atoms with Crippen LogP contribution in [0.3, 0.4) is 0 Å². The van der Waals surface area contributed by atoms with E-state index in [4.69, 9.17) is 5.26 Å². The van der Waals surface area contributed by atoms with E-state index in [9.17, 15) is 4.39 Å². The first-order valence-corrected chi connectivity index (χ1v) is 5.51. The van der Waals surface area contributed by atoms with Crippen molar-refractivity contribution in [2.75, 3.05) is 20.1 Å². The molecule has 0 N–H and O–H groups in total. The van der Waals surface area contributed by atoms with Crippen molar-refractivity contribution in [3.63, 3.8) is 0 Å². The Bertz CT molecular complexity index is 393. The molecular formula is C13H15FN2. The Morgan fingerprint density at radius 3 is 2.69 bits per heavy atom. The molecule has 84 valence electrons. The third-order valence-corrected chi connectivity index (χ3v) is 3.28. The van der Waals surface area contributed by atoms with Crippen LogP contribution >= 0.6 is 0 Å². The normalized spacial score (nSPS) is 25.6. The minimum atomic E-state index is -0.202. The molecular weight excluding hydrogens is 203 g/mol. The van der Waals surface area contributed by atoms with Gasteiger partial charge in [0.15, 0.2) is 0 Å². The quantitative estimate of drug-likeness (QED) is 0.762. The molecule has 0 radical (unpaired) electrons. The maximum atomic E-state index is 12.8. The topological polar surface area (TPSA) is 27.0 Å². The van der Waals surface area contributed by atoms with Gasteiger partial charge in [-0.15, -0.1) is 0 Å². The molecule has 2 nitrogen and oxygen atoms in total. The third kappa shape index (κ3) is 2.23. The zero-order valence-corrected chi connectivity index (χ0v) is 9.36. The van der Waals surface area contributed by atoms with Crippen LogP contribution in [0, 0.1) is 23.1 Å². The fourth-order valence-electron chi connectivity index (χ4n) is 2.50. The maximum absolute atomic E-state index is 12.8. The van der Waals surface area contributed by atoms with E-state index in [2.05, 4.69) is 18.0 Å². The molecule has 1 aliphatic rings. The number of nitriles is 1. The smallest absolute Gasteiger partial charge is 0.123 e. The van der Waals surface area contributed by atoms with Gasteiger partial charge in [0, 0.05) is 25.4 Å². The van der Waals surface area contributed by atoms with Crippen molar-refractivity contribution in [2.45, 2.75) is 12.3 Å². The SMILES string of the molecule is CN1C[C@@H](CC#N)[C@@H](c2ccc(F)cc2)C1. The van der Waals surface area contributed by atoms with Gasteiger partial charge in [-0.1, -0.05) is 12.1 Å². The number of hydrogen-bond donors (Lipinski definition) is 0. The second-order valence-corrected chi connectivity index (χ2v) is 4.50. The first kappa shape index (κ1) is 11.1. The summed E-state index contributed by atoms with van der Waals surface area (Å²) in [7, 11) is 2.06. The Balaban J connectivity index is 2.19. The van der Waals surface area contributed by atoms with Crippen LogP contribution in [-0.4, -0.2) is 25.0 Å². The molecule has 2 atom stereocenters. The summed E-state index contributed by atoms with van der Waals surface area (Å²) in [4.78, 5) is 2.23. The molecule has 0 amide bonds. The van der Waals surface area contributed by atoms with Crippen LogP contribution in [0.5, 0.6) is 0 Å². The van der Waals surface area contributed by atoms with Gasteiger partial charge in [0.1, 0.15) is 5.82 Å². The highest BCUT2D eigenvalue weighted by Crippen LogP contribution is 2.33. The second kappa shape index (κ2) is 4.63. The lowest BCUT2D eigenvalue weighted by atomic mass is 9.87. The van der Waals surface area contributed by atoms with Crippen LogP contribution in [-0.2, 0) is 0 Å². The Hall–Kier alpha value is -1.40. The highest BCUT2D eigenvalue weighted by Gasteiger charge is 2.31. The van der Waals surface area contributed by atoms with Crippen molar-refractivity contribution in [3.8, 4) is 6.07 Å². The Morgan fingerprint density at radius 1 is 1.38 bits per heavy atom. The molecule has 3 heteroatoms. The second-order valence-electron chi connectivity index (χ2n) is 4.50. The minimum Gasteiger partial charge on any atom is -0.305 e. The zero-order chi connectivity index (χ0) is 11.5. The lowest BCUT2D eigenvalue weighted by molar-refractivity contribution is 0.396. The average Bonchev–Trinajstić information content (AvgIpc) is 2.61. The first-order chi connectivity index (χ1) is 7.70. The van der Waals surface area contributed by atoms with Crippen LogP contribution in [0.25, 0.3) is 0 Å². The number of likely N-dealkylation sites (tertiary alicyclic amines) is 1. The summed E-state index contributed by atoms with van der Waals surface area (Å²) in [5, 5.41) is 8.79. The lowest BCUT2D eigenvalue weighted by Crippen LogP contribution is -2.13. The summed E-state index contributed by atoms with van der Waals surface area (Å²) in [6, 6.07) is 8.91. The summed E-state index contributed by atoms with van der Waals surface area (Å²) < 4.78 is 12.8. The molecule has 2 rings (SSSR count). The van der Waals surface area contributed by atoms with E-state index in [1.807, 2.05) is 12.1 Å². The molecule has 1 aliphatic heterocycles. The predicted octanol–water partition coefficient (Wildman–Crippen LogP) is 2.38. The molecule has 0 saturated carbocycles. The molecule has 0 unspecified atom stereocenters. The Labute approximate surface area is 95.3 Å². The van der Waals surface area contributed by atoms with Gasteiger partial charge in [-0.2, -0.15) is 5.26 Å². The van der Waals surface area contributed by atoms with Crippen molar-refractivity contribution in [1.82, 2.24) is 4.90 Å². The highest BCUT2D eigenvalue weighted by molar-refractivity contribution is 5.23. The molecule has 1 aromatic rings. The minimum absolute atomic E-state index is 0.202. The van der Waals surface area contributed by atoms with Crippen molar-refractivity contribution in [1.29, 1.82) is 5.26 Å². The van der Waals surface area contributed by atoms with E-state index < -0.39 is 0 Å². The Kier molecular flexibility index (Phi) is 3.21.